The summed E-state index contributed by atoms with van der Waals surface area (Å²) in [5.74, 6) is 2.12. The lowest BCUT2D eigenvalue weighted by Gasteiger charge is -2.03. The molecule has 4 nitrogen and oxygen atoms in total. The molecule has 0 bridgehead atoms. The van der Waals surface area contributed by atoms with Gasteiger partial charge in [0.2, 0.25) is 0 Å². The minimum Gasteiger partial charge on any atom is -0.305 e. The van der Waals surface area contributed by atoms with Gasteiger partial charge in [0.05, 0.1) is 10.7 Å². The molecule has 2 aromatic heterocycles. The molecule has 2 heterocycles. The van der Waals surface area contributed by atoms with Gasteiger partial charge in [-0.15, -0.1) is 21.5 Å². The highest BCUT2D eigenvalue weighted by Gasteiger charge is 2.12. The molecule has 0 atom stereocenters. The molecule has 0 spiro atoms. The summed E-state index contributed by atoms with van der Waals surface area (Å²) in [7, 11) is 1.98. The van der Waals surface area contributed by atoms with E-state index < -0.39 is 0 Å². The van der Waals surface area contributed by atoms with Crippen molar-refractivity contribution in [2.75, 3.05) is 0 Å². The van der Waals surface area contributed by atoms with Crippen LogP contribution in [0.4, 0.5) is 0 Å². The van der Waals surface area contributed by atoms with Crippen LogP contribution in [0.15, 0.2) is 34.8 Å². The largest absolute Gasteiger partial charge is 0.305 e. The summed E-state index contributed by atoms with van der Waals surface area (Å²) < 4.78 is 2.00. The van der Waals surface area contributed by atoms with Crippen LogP contribution in [-0.2, 0) is 12.8 Å². The van der Waals surface area contributed by atoms with E-state index in [1.54, 1.807) is 23.1 Å². The molecule has 0 aliphatic rings. The summed E-state index contributed by atoms with van der Waals surface area (Å²) in [6.45, 7) is 4.33. The Labute approximate surface area is 148 Å². The molecule has 23 heavy (non-hydrogen) atoms. The van der Waals surface area contributed by atoms with Crippen LogP contribution in [0.25, 0.3) is 11.4 Å². The third kappa shape index (κ3) is 3.76. The van der Waals surface area contributed by atoms with Gasteiger partial charge in [-0.25, -0.2) is 4.98 Å². The lowest BCUT2D eigenvalue weighted by molar-refractivity contribution is 0.793. The third-order valence-corrected chi connectivity index (χ3v) is 5.85. The molecule has 0 radical (unpaired) electrons. The Balaban J connectivity index is 1.72. The standard InChI is InChI=1S/C16H17ClN4S2/c1-10(2)15-18-13(8-22-15)9-23-16-20-19-14(21(16)3)11-4-6-12(17)7-5-11/h4-8,10H,9H2,1-3H3. The number of hydrogen-bond donors (Lipinski definition) is 0. The molecule has 0 saturated heterocycles. The van der Waals surface area contributed by atoms with Crippen molar-refractivity contribution in [2.24, 2.45) is 7.05 Å². The van der Waals surface area contributed by atoms with E-state index in [-0.39, 0.29) is 0 Å². The Morgan fingerprint density at radius 2 is 1.96 bits per heavy atom. The summed E-state index contributed by atoms with van der Waals surface area (Å²) in [4.78, 5) is 4.65. The molecule has 0 aliphatic heterocycles. The zero-order chi connectivity index (χ0) is 16.4. The van der Waals surface area contributed by atoms with Crippen LogP contribution in [-0.4, -0.2) is 19.7 Å². The first-order valence-electron chi connectivity index (χ1n) is 7.27. The van der Waals surface area contributed by atoms with E-state index in [0.717, 1.165) is 33.0 Å². The van der Waals surface area contributed by atoms with Crippen molar-refractivity contribution >= 4 is 34.7 Å². The fourth-order valence-electron chi connectivity index (χ4n) is 2.08. The normalized spacial score (nSPS) is 11.3. The van der Waals surface area contributed by atoms with E-state index >= 15 is 0 Å². The number of thiazole rings is 1. The monoisotopic (exact) mass is 364 g/mol. The van der Waals surface area contributed by atoms with Crippen molar-refractivity contribution in [2.45, 2.75) is 30.7 Å². The first-order chi connectivity index (χ1) is 11.0. The summed E-state index contributed by atoms with van der Waals surface area (Å²) in [6, 6.07) is 7.63. The second-order valence-electron chi connectivity index (χ2n) is 5.49. The molecule has 120 valence electrons. The lowest BCUT2D eigenvalue weighted by Crippen LogP contribution is -1.95. The van der Waals surface area contributed by atoms with Crippen LogP contribution >= 0.6 is 34.7 Å². The van der Waals surface area contributed by atoms with Crippen molar-refractivity contribution in [3.05, 3.63) is 45.4 Å². The Kier molecular flexibility index (Phi) is 5.04. The molecule has 0 N–H and O–H groups in total. The second kappa shape index (κ2) is 7.03. The third-order valence-electron chi connectivity index (χ3n) is 3.35. The van der Waals surface area contributed by atoms with E-state index in [1.807, 2.05) is 35.9 Å². The van der Waals surface area contributed by atoms with Crippen LogP contribution in [0, 0.1) is 0 Å². The van der Waals surface area contributed by atoms with Gasteiger partial charge in [-0.3, -0.25) is 0 Å². The van der Waals surface area contributed by atoms with Gasteiger partial charge in [-0.2, -0.15) is 0 Å². The van der Waals surface area contributed by atoms with Crippen molar-refractivity contribution in [1.82, 2.24) is 19.7 Å². The number of thioether (sulfide) groups is 1. The fourth-order valence-corrected chi connectivity index (χ4v) is 3.95. The number of nitrogens with zero attached hydrogens (tertiary/aromatic N) is 4. The van der Waals surface area contributed by atoms with E-state index in [4.69, 9.17) is 11.6 Å². The molecule has 7 heteroatoms. The molecule has 0 aliphatic carbocycles. The molecular formula is C16H17ClN4S2. The molecule has 0 amide bonds. The van der Waals surface area contributed by atoms with Crippen molar-refractivity contribution < 1.29 is 0 Å². The van der Waals surface area contributed by atoms with Gasteiger partial charge in [-0.05, 0) is 24.3 Å². The van der Waals surface area contributed by atoms with Gasteiger partial charge in [0.15, 0.2) is 11.0 Å². The van der Waals surface area contributed by atoms with Crippen molar-refractivity contribution in [3.63, 3.8) is 0 Å². The van der Waals surface area contributed by atoms with Crippen molar-refractivity contribution in [1.29, 1.82) is 0 Å². The van der Waals surface area contributed by atoms with E-state index in [0.29, 0.717) is 5.92 Å². The SMILES string of the molecule is CC(C)c1nc(CSc2nnc(-c3ccc(Cl)cc3)n2C)cs1. The molecule has 0 unspecified atom stereocenters. The minimum atomic E-state index is 0.477. The number of benzene rings is 1. The smallest absolute Gasteiger partial charge is 0.191 e. The van der Waals surface area contributed by atoms with Gasteiger partial charge in [0.25, 0.3) is 0 Å². The Morgan fingerprint density at radius 3 is 2.61 bits per heavy atom. The predicted molar refractivity (Wildman–Crippen MR) is 97.2 cm³/mol. The predicted octanol–water partition coefficient (Wildman–Crippen LogP) is 5.01. The molecule has 3 aromatic rings. The quantitative estimate of drug-likeness (QED) is 0.597. The highest BCUT2D eigenvalue weighted by atomic mass is 35.5. The average Bonchev–Trinajstić information content (AvgIpc) is 3.13. The summed E-state index contributed by atoms with van der Waals surface area (Å²) in [6.07, 6.45) is 0. The maximum atomic E-state index is 5.93. The van der Waals surface area contributed by atoms with E-state index in [1.165, 1.54) is 5.01 Å². The van der Waals surface area contributed by atoms with Gasteiger partial charge < -0.3 is 4.57 Å². The van der Waals surface area contributed by atoms with Gasteiger partial charge >= 0.3 is 0 Å². The maximum Gasteiger partial charge on any atom is 0.191 e. The second-order valence-corrected chi connectivity index (χ2v) is 7.76. The Hall–Kier alpha value is -1.37. The minimum absolute atomic E-state index is 0.477. The van der Waals surface area contributed by atoms with Gasteiger partial charge in [-0.1, -0.05) is 37.2 Å². The summed E-state index contributed by atoms with van der Waals surface area (Å²) >= 11 is 9.30. The number of rotatable bonds is 5. The fraction of sp³-hybridized carbons (Fsp3) is 0.312. The van der Waals surface area contributed by atoms with Crippen LogP contribution in [0.1, 0.15) is 30.5 Å². The zero-order valence-corrected chi connectivity index (χ0v) is 15.5. The van der Waals surface area contributed by atoms with Crippen LogP contribution in [0.3, 0.4) is 0 Å². The number of hydrogen-bond acceptors (Lipinski definition) is 5. The van der Waals surface area contributed by atoms with Crippen LogP contribution in [0.2, 0.25) is 5.02 Å². The first-order valence-corrected chi connectivity index (χ1v) is 9.51. The van der Waals surface area contributed by atoms with Crippen LogP contribution < -0.4 is 0 Å². The van der Waals surface area contributed by atoms with Gasteiger partial charge in [0.1, 0.15) is 0 Å². The molecule has 1 aromatic carbocycles. The Bertz CT molecular complexity index is 793. The van der Waals surface area contributed by atoms with E-state index in [2.05, 4.69) is 34.4 Å². The average molecular weight is 365 g/mol. The lowest BCUT2D eigenvalue weighted by atomic mass is 10.2. The highest BCUT2D eigenvalue weighted by Crippen LogP contribution is 2.27. The molecule has 3 rings (SSSR count). The number of halogens is 1. The molecular weight excluding hydrogens is 348 g/mol. The molecule has 0 fully saturated rings. The maximum absolute atomic E-state index is 5.93. The zero-order valence-electron chi connectivity index (χ0n) is 13.2. The first kappa shape index (κ1) is 16.5. The number of aromatic nitrogens is 4. The Morgan fingerprint density at radius 1 is 1.22 bits per heavy atom. The summed E-state index contributed by atoms with van der Waals surface area (Å²) in [5.41, 5.74) is 2.10. The van der Waals surface area contributed by atoms with Crippen LogP contribution in [0.5, 0.6) is 0 Å². The van der Waals surface area contributed by atoms with Crippen molar-refractivity contribution in [3.8, 4) is 11.4 Å². The van der Waals surface area contributed by atoms with Gasteiger partial charge in [0, 0.05) is 34.7 Å². The topological polar surface area (TPSA) is 43.6 Å². The summed E-state index contributed by atoms with van der Waals surface area (Å²) in [5, 5.41) is 13.5. The highest BCUT2D eigenvalue weighted by molar-refractivity contribution is 7.98. The van der Waals surface area contributed by atoms with E-state index in [9.17, 15) is 0 Å². The molecule has 0 saturated carbocycles.